The highest BCUT2D eigenvalue weighted by Crippen LogP contribution is 2.33. The molecule has 4 aromatic rings. The molecule has 3 N–H and O–H groups in total. The topological polar surface area (TPSA) is 98.4 Å². The second-order valence-corrected chi connectivity index (χ2v) is 8.73. The minimum atomic E-state index is -0.0883. The molecule has 0 atom stereocenters. The van der Waals surface area contributed by atoms with Gasteiger partial charge in [-0.1, -0.05) is 18.2 Å². The number of carbonyl (C=O) groups excluding carboxylic acids is 1. The summed E-state index contributed by atoms with van der Waals surface area (Å²) in [4.78, 5) is 23.5. The Hall–Kier alpha value is -4.04. The fraction of sp³-hybridized carbons (Fsp3) is 0.231. The summed E-state index contributed by atoms with van der Waals surface area (Å²) in [6, 6.07) is 13.6. The molecular weight excluding hydrogens is 426 g/mol. The molecule has 2 heterocycles. The lowest BCUT2D eigenvalue weighted by Crippen LogP contribution is -2.31. The second kappa shape index (κ2) is 9.07. The lowest BCUT2D eigenvalue weighted by Gasteiger charge is -2.12. The fourth-order valence-corrected chi connectivity index (χ4v) is 4.21. The third-order valence-corrected chi connectivity index (χ3v) is 6.03. The Morgan fingerprint density at radius 2 is 1.97 bits per heavy atom. The summed E-state index contributed by atoms with van der Waals surface area (Å²) in [5.41, 5.74) is 6.90. The van der Waals surface area contributed by atoms with Crippen LogP contribution in [0.1, 0.15) is 27.9 Å². The summed E-state index contributed by atoms with van der Waals surface area (Å²) >= 11 is 0. The molecule has 1 aliphatic carbocycles. The summed E-state index contributed by atoms with van der Waals surface area (Å²) in [6.07, 6.45) is 7.02. The third kappa shape index (κ3) is 4.27. The van der Waals surface area contributed by atoms with E-state index in [0.29, 0.717) is 17.8 Å². The van der Waals surface area contributed by atoms with Crippen LogP contribution in [0.3, 0.4) is 0 Å². The van der Waals surface area contributed by atoms with Crippen molar-refractivity contribution in [1.29, 1.82) is 5.41 Å². The molecule has 172 valence electrons. The van der Waals surface area contributed by atoms with Gasteiger partial charge in [-0.2, -0.15) is 0 Å². The number of aryl methyl sites for hydroxylation is 1. The molecule has 2 aromatic carbocycles. The van der Waals surface area contributed by atoms with Crippen molar-refractivity contribution < 1.29 is 4.79 Å². The van der Waals surface area contributed by atoms with E-state index in [1.165, 1.54) is 5.56 Å². The minimum Gasteiger partial charge on any atom is -0.351 e. The van der Waals surface area contributed by atoms with Gasteiger partial charge in [0.15, 0.2) is 5.65 Å². The van der Waals surface area contributed by atoms with E-state index in [0.717, 1.165) is 53.4 Å². The number of rotatable bonds is 7. The first-order chi connectivity index (χ1) is 16.5. The van der Waals surface area contributed by atoms with E-state index in [1.54, 1.807) is 12.4 Å². The third-order valence-electron chi connectivity index (χ3n) is 6.03. The van der Waals surface area contributed by atoms with Gasteiger partial charge in [0.25, 0.3) is 5.91 Å². The number of anilines is 2. The SMILES string of the molecule is CN(C)CCNC(=O)c1ccc(-c2nc3cnccn3c2Nc2ccc3c(c2)CCC3=N)cc1. The van der Waals surface area contributed by atoms with Crippen LogP contribution in [0.15, 0.2) is 61.1 Å². The van der Waals surface area contributed by atoms with Crippen LogP contribution >= 0.6 is 0 Å². The first kappa shape index (κ1) is 21.8. The van der Waals surface area contributed by atoms with E-state index in [-0.39, 0.29) is 5.91 Å². The van der Waals surface area contributed by atoms with Gasteiger partial charge >= 0.3 is 0 Å². The van der Waals surface area contributed by atoms with Gasteiger partial charge in [0, 0.05) is 48.0 Å². The van der Waals surface area contributed by atoms with E-state index in [9.17, 15) is 4.79 Å². The zero-order valence-corrected chi connectivity index (χ0v) is 19.3. The molecule has 0 aliphatic heterocycles. The lowest BCUT2D eigenvalue weighted by molar-refractivity contribution is 0.0951. The number of nitrogens with zero attached hydrogens (tertiary/aromatic N) is 4. The monoisotopic (exact) mass is 453 g/mol. The quantitative estimate of drug-likeness (QED) is 0.396. The van der Waals surface area contributed by atoms with E-state index in [4.69, 9.17) is 10.4 Å². The first-order valence-corrected chi connectivity index (χ1v) is 11.3. The number of aromatic nitrogens is 3. The highest BCUT2D eigenvalue weighted by molar-refractivity contribution is 6.02. The average Bonchev–Trinajstić information content (AvgIpc) is 3.39. The van der Waals surface area contributed by atoms with Crippen molar-refractivity contribution in [2.24, 2.45) is 0 Å². The normalized spacial score (nSPS) is 12.9. The van der Waals surface area contributed by atoms with Gasteiger partial charge in [-0.3, -0.25) is 14.2 Å². The highest BCUT2D eigenvalue weighted by Gasteiger charge is 2.19. The number of imidazole rings is 1. The molecule has 0 spiro atoms. The summed E-state index contributed by atoms with van der Waals surface area (Å²) < 4.78 is 1.97. The van der Waals surface area contributed by atoms with Crippen LogP contribution in [-0.4, -0.2) is 58.1 Å². The van der Waals surface area contributed by atoms with Crippen molar-refractivity contribution in [2.45, 2.75) is 12.8 Å². The molecule has 0 saturated carbocycles. The van der Waals surface area contributed by atoms with Crippen molar-refractivity contribution in [3.8, 4) is 11.3 Å². The molecule has 0 unspecified atom stereocenters. The number of likely N-dealkylation sites (N-methyl/N-ethyl adjacent to an activating group) is 1. The van der Waals surface area contributed by atoms with Gasteiger partial charge in [-0.25, -0.2) is 4.98 Å². The number of carbonyl (C=O) groups is 1. The molecule has 1 aliphatic rings. The fourth-order valence-electron chi connectivity index (χ4n) is 4.21. The molecule has 0 radical (unpaired) electrons. The Kier molecular flexibility index (Phi) is 5.81. The standard InChI is InChI=1S/C26H27N7O/c1-32(2)13-12-29-26(34)18-5-3-17(4-6-18)24-25(33-14-11-28-16-23(33)31-24)30-20-8-9-21-19(15-20)7-10-22(21)27/h3-6,8-9,11,14-16,27,30H,7,10,12-13H2,1-2H3,(H,29,34). The number of hydrogen-bond donors (Lipinski definition) is 3. The van der Waals surface area contributed by atoms with Gasteiger partial charge in [-0.15, -0.1) is 0 Å². The maximum Gasteiger partial charge on any atom is 0.251 e. The lowest BCUT2D eigenvalue weighted by atomic mass is 10.1. The van der Waals surface area contributed by atoms with E-state index in [2.05, 4.69) is 21.7 Å². The van der Waals surface area contributed by atoms with Crippen molar-refractivity contribution >= 4 is 28.8 Å². The number of hydrogen-bond acceptors (Lipinski definition) is 6. The van der Waals surface area contributed by atoms with Crippen molar-refractivity contribution in [3.63, 3.8) is 0 Å². The Morgan fingerprint density at radius 3 is 2.76 bits per heavy atom. The molecular formula is C26H27N7O. The zero-order valence-electron chi connectivity index (χ0n) is 19.3. The van der Waals surface area contributed by atoms with E-state index in [1.807, 2.05) is 66.0 Å². The number of fused-ring (bicyclic) bond motifs is 2. The predicted octanol–water partition coefficient (Wildman–Crippen LogP) is 3.75. The summed E-state index contributed by atoms with van der Waals surface area (Å²) in [7, 11) is 3.95. The van der Waals surface area contributed by atoms with Crippen molar-refractivity contribution in [3.05, 3.63) is 77.7 Å². The van der Waals surface area contributed by atoms with E-state index >= 15 is 0 Å². The van der Waals surface area contributed by atoms with Gasteiger partial charge in [0.05, 0.1) is 6.20 Å². The van der Waals surface area contributed by atoms with Gasteiger partial charge < -0.3 is 20.9 Å². The zero-order chi connectivity index (χ0) is 23.7. The smallest absolute Gasteiger partial charge is 0.251 e. The molecule has 1 amide bonds. The molecule has 8 heteroatoms. The van der Waals surface area contributed by atoms with Gasteiger partial charge in [-0.05, 0) is 62.3 Å². The number of amides is 1. The summed E-state index contributed by atoms with van der Waals surface area (Å²) in [5.74, 6) is 0.739. The minimum absolute atomic E-state index is 0.0883. The molecule has 0 saturated heterocycles. The summed E-state index contributed by atoms with van der Waals surface area (Å²) in [6.45, 7) is 1.39. The van der Waals surface area contributed by atoms with Crippen LogP contribution in [0.25, 0.3) is 16.9 Å². The van der Waals surface area contributed by atoms with Crippen LogP contribution in [0, 0.1) is 5.41 Å². The average molecular weight is 454 g/mol. The Labute approximate surface area is 198 Å². The molecule has 0 bridgehead atoms. The Balaban J connectivity index is 1.44. The predicted molar refractivity (Wildman–Crippen MR) is 134 cm³/mol. The maximum atomic E-state index is 12.5. The van der Waals surface area contributed by atoms with Crippen LogP contribution in [0.2, 0.25) is 0 Å². The van der Waals surface area contributed by atoms with Crippen molar-refractivity contribution in [1.82, 2.24) is 24.6 Å². The molecule has 34 heavy (non-hydrogen) atoms. The van der Waals surface area contributed by atoms with Crippen molar-refractivity contribution in [2.75, 3.05) is 32.5 Å². The van der Waals surface area contributed by atoms with Crippen LogP contribution < -0.4 is 10.6 Å². The van der Waals surface area contributed by atoms with Crippen LogP contribution in [0.5, 0.6) is 0 Å². The number of benzene rings is 2. The molecule has 0 fully saturated rings. The van der Waals surface area contributed by atoms with Crippen LogP contribution in [-0.2, 0) is 6.42 Å². The number of nitrogens with one attached hydrogen (secondary N) is 3. The molecule has 2 aromatic heterocycles. The Morgan fingerprint density at radius 1 is 1.15 bits per heavy atom. The molecule has 8 nitrogen and oxygen atoms in total. The summed E-state index contributed by atoms with van der Waals surface area (Å²) in [5, 5.41) is 14.6. The second-order valence-electron chi connectivity index (χ2n) is 8.73. The van der Waals surface area contributed by atoms with Crippen LogP contribution in [0.4, 0.5) is 11.5 Å². The first-order valence-electron chi connectivity index (χ1n) is 11.3. The Bertz CT molecular complexity index is 1370. The maximum absolute atomic E-state index is 12.5. The van der Waals surface area contributed by atoms with Gasteiger partial charge in [0.1, 0.15) is 11.5 Å². The van der Waals surface area contributed by atoms with Gasteiger partial charge in [0.2, 0.25) is 0 Å². The van der Waals surface area contributed by atoms with E-state index < -0.39 is 0 Å². The largest absolute Gasteiger partial charge is 0.351 e. The highest BCUT2D eigenvalue weighted by atomic mass is 16.1. The molecule has 5 rings (SSSR count).